The molecule has 2 aliphatic rings. The van der Waals surface area contributed by atoms with Crippen molar-refractivity contribution < 1.29 is 27.5 Å². The van der Waals surface area contributed by atoms with Gasteiger partial charge < -0.3 is 19.4 Å². The summed E-state index contributed by atoms with van der Waals surface area (Å²) in [6, 6.07) is 3.14. The first-order valence-electron chi connectivity index (χ1n) is 9.68. The molecule has 1 saturated heterocycles. The van der Waals surface area contributed by atoms with Crippen molar-refractivity contribution in [3.05, 3.63) is 23.5 Å². The molecule has 166 valence electrons. The third-order valence-corrected chi connectivity index (χ3v) is 8.08. The standard InChI is InChI=1S/C19H22N4O6S2/c1-11(24)13-6-15-16(29-10-28-15)7-14(13)20-18(25)8-30-19-22-21-17(23(19)2)5-12-3-4-31(26,27)9-12/h6-7,12H,3-5,8-10H2,1-2H3,(H,20,25)/t12-/m0/s1. The summed E-state index contributed by atoms with van der Waals surface area (Å²) in [6.45, 7) is 1.49. The van der Waals surface area contributed by atoms with Gasteiger partial charge in [0.2, 0.25) is 12.7 Å². The molecule has 0 spiro atoms. The zero-order valence-corrected chi connectivity index (χ0v) is 18.7. The van der Waals surface area contributed by atoms with Gasteiger partial charge in [-0.15, -0.1) is 10.2 Å². The highest BCUT2D eigenvalue weighted by molar-refractivity contribution is 7.99. The molecule has 2 aromatic rings. The van der Waals surface area contributed by atoms with Crippen LogP contribution in [-0.4, -0.2) is 58.9 Å². The average Bonchev–Trinajstić information content (AvgIpc) is 3.39. The Bertz CT molecular complexity index is 1140. The van der Waals surface area contributed by atoms with E-state index in [-0.39, 0.29) is 41.7 Å². The van der Waals surface area contributed by atoms with E-state index in [2.05, 4.69) is 15.5 Å². The maximum absolute atomic E-state index is 12.5. The Hall–Kier alpha value is -2.60. The second-order valence-electron chi connectivity index (χ2n) is 7.58. The van der Waals surface area contributed by atoms with E-state index in [4.69, 9.17) is 9.47 Å². The number of thioether (sulfide) groups is 1. The predicted octanol–water partition coefficient (Wildman–Crippen LogP) is 1.45. The molecule has 0 radical (unpaired) electrons. The highest BCUT2D eigenvalue weighted by Gasteiger charge is 2.29. The quantitative estimate of drug-likeness (QED) is 0.476. The summed E-state index contributed by atoms with van der Waals surface area (Å²) in [5, 5.41) is 11.6. The lowest BCUT2D eigenvalue weighted by Crippen LogP contribution is -2.16. The van der Waals surface area contributed by atoms with Crippen molar-refractivity contribution in [2.45, 2.75) is 24.9 Å². The van der Waals surface area contributed by atoms with Gasteiger partial charge in [0, 0.05) is 25.1 Å². The topological polar surface area (TPSA) is 129 Å². The number of carbonyl (C=O) groups excluding carboxylic acids is 2. The number of rotatable bonds is 7. The molecule has 10 nitrogen and oxygen atoms in total. The molecule has 3 heterocycles. The Morgan fingerprint density at radius 3 is 2.68 bits per heavy atom. The molecule has 1 fully saturated rings. The molecule has 4 rings (SSSR count). The number of ketones is 1. The number of ether oxygens (including phenoxy) is 2. The number of nitrogens with zero attached hydrogens (tertiary/aromatic N) is 3. The zero-order valence-electron chi connectivity index (χ0n) is 17.1. The van der Waals surface area contributed by atoms with E-state index >= 15 is 0 Å². The molecule has 1 N–H and O–H groups in total. The van der Waals surface area contributed by atoms with Crippen LogP contribution in [0.5, 0.6) is 11.5 Å². The maximum Gasteiger partial charge on any atom is 0.234 e. The summed E-state index contributed by atoms with van der Waals surface area (Å²) in [5.74, 6) is 1.64. The number of amides is 1. The fourth-order valence-corrected chi connectivity index (χ4v) is 6.18. The zero-order chi connectivity index (χ0) is 22.2. The van der Waals surface area contributed by atoms with Gasteiger partial charge in [0.25, 0.3) is 0 Å². The Kier molecular flexibility index (Phi) is 5.93. The maximum atomic E-state index is 12.5. The SMILES string of the molecule is CC(=O)c1cc2c(cc1NC(=O)CSc1nnc(C[C@@H]3CCS(=O)(=O)C3)n1C)OCO2. The number of anilines is 1. The molecule has 0 bridgehead atoms. The van der Waals surface area contributed by atoms with Crippen LogP contribution in [0.4, 0.5) is 5.69 Å². The summed E-state index contributed by atoms with van der Waals surface area (Å²) < 4.78 is 35.7. The van der Waals surface area contributed by atoms with Crippen molar-refractivity contribution in [3.63, 3.8) is 0 Å². The third kappa shape index (κ3) is 4.85. The molecular formula is C19H22N4O6S2. The van der Waals surface area contributed by atoms with E-state index in [1.165, 1.54) is 18.7 Å². The average molecular weight is 467 g/mol. The first-order valence-corrected chi connectivity index (χ1v) is 12.5. The fourth-order valence-electron chi connectivity index (χ4n) is 3.59. The van der Waals surface area contributed by atoms with Crippen LogP contribution in [0, 0.1) is 5.92 Å². The van der Waals surface area contributed by atoms with E-state index in [0.717, 1.165) is 0 Å². The van der Waals surface area contributed by atoms with Crippen LogP contribution in [0.2, 0.25) is 0 Å². The van der Waals surface area contributed by atoms with Gasteiger partial charge in [-0.05, 0) is 25.3 Å². The number of sulfone groups is 1. The van der Waals surface area contributed by atoms with Gasteiger partial charge in [-0.2, -0.15) is 0 Å². The third-order valence-electron chi connectivity index (χ3n) is 5.22. The highest BCUT2D eigenvalue weighted by Crippen LogP contribution is 2.37. The molecule has 2 aliphatic heterocycles. The lowest BCUT2D eigenvalue weighted by atomic mass is 10.1. The van der Waals surface area contributed by atoms with Crippen molar-refractivity contribution >= 4 is 39.0 Å². The Labute approximate surface area is 183 Å². The number of benzene rings is 1. The Balaban J connectivity index is 1.38. The number of nitrogens with one attached hydrogen (secondary N) is 1. The highest BCUT2D eigenvalue weighted by atomic mass is 32.2. The predicted molar refractivity (Wildman–Crippen MR) is 113 cm³/mol. The molecule has 0 saturated carbocycles. The smallest absolute Gasteiger partial charge is 0.234 e. The molecule has 1 amide bonds. The Morgan fingerprint density at radius 2 is 2.00 bits per heavy atom. The van der Waals surface area contributed by atoms with Crippen molar-refractivity contribution in [3.8, 4) is 11.5 Å². The van der Waals surface area contributed by atoms with Gasteiger partial charge >= 0.3 is 0 Å². The molecule has 1 atom stereocenters. The minimum Gasteiger partial charge on any atom is -0.454 e. The van der Waals surface area contributed by atoms with Gasteiger partial charge in [-0.1, -0.05) is 11.8 Å². The minimum atomic E-state index is -2.94. The van der Waals surface area contributed by atoms with E-state index in [0.29, 0.717) is 46.6 Å². The largest absolute Gasteiger partial charge is 0.454 e. The number of Topliss-reactive ketones (excluding diaryl/α,β-unsaturated/α-hetero) is 1. The second-order valence-corrected chi connectivity index (χ2v) is 10.7. The van der Waals surface area contributed by atoms with Crippen LogP contribution in [0.3, 0.4) is 0 Å². The van der Waals surface area contributed by atoms with E-state index in [1.54, 1.807) is 23.7 Å². The number of carbonyl (C=O) groups is 2. The molecule has 0 unspecified atom stereocenters. The van der Waals surface area contributed by atoms with Gasteiger partial charge in [0.05, 0.1) is 22.9 Å². The summed E-state index contributed by atoms with van der Waals surface area (Å²) in [6.07, 6.45) is 1.17. The van der Waals surface area contributed by atoms with Crippen LogP contribution in [-0.2, 0) is 28.1 Å². The van der Waals surface area contributed by atoms with Gasteiger partial charge in [0.1, 0.15) is 5.82 Å². The lowest BCUT2D eigenvalue weighted by molar-refractivity contribution is -0.113. The number of aromatic nitrogens is 3. The van der Waals surface area contributed by atoms with Crippen molar-refractivity contribution in [1.29, 1.82) is 0 Å². The van der Waals surface area contributed by atoms with Gasteiger partial charge in [0.15, 0.2) is 32.3 Å². The molecule has 1 aromatic carbocycles. The molecular weight excluding hydrogens is 444 g/mol. The normalized spacial score (nSPS) is 18.8. The molecule has 31 heavy (non-hydrogen) atoms. The van der Waals surface area contributed by atoms with Crippen LogP contribution in [0.1, 0.15) is 29.5 Å². The first-order chi connectivity index (χ1) is 14.7. The van der Waals surface area contributed by atoms with Crippen LogP contribution < -0.4 is 14.8 Å². The van der Waals surface area contributed by atoms with Gasteiger partial charge in [-0.3, -0.25) is 9.59 Å². The van der Waals surface area contributed by atoms with Crippen LogP contribution in [0.25, 0.3) is 0 Å². The lowest BCUT2D eigenvalue weighted by Gasteiger charge is -2.11. The van der Waals surface area contributed by atoms with E-state index in [9.17, 15) is 18.0 Å². The molecule has 12 heteroatoms. The molecule has 1 aromatic heterocycles. The second kappa shape index (κ2) is 8.50. The molecule has 0 aliphatic carbocycles. The van der Waals surface area contributed by atoms with Crippen LogP contribution in [0.15, 0.2) is 17.3 Å². The first kappa shape index (κ1) is 21.6. The van der Waals surface area contributed by atoms with Crippen molar-refractivity contribution in [2.24, 2.45) is 13.0 Å². The Morgan fingerprint density at radius 1 is 1.26 bits per heavy atom. The monoisotopic (exact) mass is 466 g/mol. The minimum absolute atomic E-state index is 0.0463. The number of hydrogen-bond acceptors (Lipinski definition) is 9. The summed E-state index contributed by atoms with van der Waals surface area (Å²) in [4.78, 5) is 24.4. The summed E-state index contributed by atoms with van der Waals surface area (Å²) in [7, 11) is -1.15. The fraction of sp³-hybridized carbons (Fsp3) is 0.474. The number of hydrogen-bond donors (Lipinski definition) is 1. The van der Waals surface area contributed by atoms with Crippen LogP contribution >= 0.6 is 11.8 Å². The number of fused-ring (bicyclic) bond motifs is 1. The van der Waals surface area contributed by atoms with E-state index in [1.807, 2.05) is 0 Å². The van der Waals surface area contributed by atoms with Gasteiger partial charge in [-0.25, -0.2) is 8.42 Å². The summed E-state index contributed by atoms with van der Waals surface area (Å²) >= 11 is 1.21. The summed E-state index contributed by atoms with van der Waals surface area (Å²) in [5.41, 5.74) is 0.707. The van der Waals surface area contributed by atoms with E-state index < -0.39 is 9.84 Å². The van der Waals surface area contributed by atoms with Crippen molar-refractivity contribution in [2.75, 3.05) is 29.4 Å². The van der Waals surface area contributed by atoms with Crippen molar-refractivity contribution in [1.82, 2.24) is 14.8 Å².